The Morgan fingerprint density at radius 2 is 2.05 bits per heavy atom. The molecule has 5 heteroatoms. The van der Waals surface area contributed by atoms with Crippen LogP contribution >= 0.6 is 31.9 Å². The molecule has 0 bridgehead atoms. The second kappa shape index (κ2) is 5.29. The Hall–Kier alpha value is -0.810. The summed E-state index contributed by atoms with van der Waals surface area (Å²) in [6.45, 7) is 0. The van der Waals surface area contributed by atoms with E-state index in [1.54, 1.807) is 12.4 Å². The second-order valence-electron chi connectivity index (χ2n) is 4.81. The molecule has 1 saturated carbocycles. The Morgan fingerprint density at radius 1 is 1.32 bits per heavy atom. The van der Waals surface area contributed by atoms with Gasteiger partial charge in [-0.15, -0.1) is 0 Å². The molecule has 2 aromatic rings. The van der Waals surface area contributed by atoms with E-state index in [-0.39, 0.29) is 10.7 Å². The van der Waals surface area contributed by atoms with Crippen molar-refractivity contribution in [1.82, 2.24) is 9.97 Å². The van der Waals surface area contributed by atoms with Gasteiger partial charge in [-0.25, -0.2) is 0 Å². The van der Waals surface area contributed by atoms with E-state index in [0.29, 0.717) is 12.2 Å². The number of hydrogen-bond donors (Lipinski definition) is 0. The van der Waals surface area contributed by atoms with E-state index in [0.717, 1.165) is 33.9 Å². The van der Waals surface area contributed by atoms with E-state index in [2.05, 4.69) is 41.8 Å². The van der Waals surface area contributed by atoms with Crippen molar-refractivity contribution in [2.45, 2.75) is 24.1 Å². The van der Waals surface area contributed by atoms with E-state index < -0.39 is 0 Å². The average molecular weight is 384 g/mol. The lowest BCUT2D eigenvalue weighted by atomic mass is 10.0. The molecular weight excluding hydrogens is 372 g/mol. The van der Waals surface area contributed by atoms with Crippen LogP contribution in [0.3, 0.4) is 0 Å². The topological polar surface area (TPSA) is 42.9 Å². The minimum absolute atomic E-state index is 0.106. The summed E-state index contributed by atoms with van der Waals surface area (Å²) in [4.78, 5) is 20.5. The number of carbonyl (C=O) groups is 1. The van der Waals surface area contributed by atoms with Gasteiger partial charge in [0.2, 0.25) is 0 Å². The van der Waals surface area contributed by atoms with Gasteiger partial charge in [-0.05, 0) is 46.8 Å². The number of fused-ring (bicyclic) bond motifs is 1. The standard InChI is InChI=1S/C14H12Br2N2O/c15-10(14(19)8-1-2-8)7-9-3-4-11-13(12(9)16)18-6-5-17-11/h3-6,8,10H,1-2,7H2. The summed E-state index contributed by atoms with van der Waals surface area (Å²) >= 11 is 7.09. The zero-order chi connectivity index (χ0) is 13.4. The third-order valence-electron chi connectivity index (χ3n) is 3.35. The van der Waals surface area contributed by atoms with E-state index in [4.69, 9.17) is 0 Å². The van der Waals surface area contributed by atoms with Gasteiger partial charge in [-0.3, -0.25) is 14.8 Å². The highest BCUT2D eigenvalue weighted by Crippen LogP contribution is 2.34. The first-order valence-corrected chi connectivity index (χ1v) is 7.93. The monoisotopic (exact) mass is 382 g/mol. The Labute approximate surface area is 128 Å². The van der Waals surface area contributed by atoms with Crippen molar-refractivity contribution in [2.24, 2.45) is 5.92 Å². The molecule has 0 N–H and O–H groups in total. The van der Waals surface area contributed by atoms with E-state index in [9.17, 15) is 4.79 Å². The highest BCUT2D eigenvalue weighted by atomic mass is 79.9. The Balaban J connectivity index is 1.88. The molecule has 1 aliphatic carbocycles. The molecule has 98 valence electrons. The lowest BCUT2D eigenvalue weighted by Gasteiger charge is -2.11. The zero-order valence-electron chi connectivity index (χ0n) is 10.1. The predicted octanol–water partition coefficient (Wildman–Crippen LogP) is 3.68. The number of carbonyl (C=O) groups excluding carboxylic acids is 1. The first-order chi connectivity index (χ1) is 9.16. The van der Waals surface area contributed by atoms with E-state index in [1.165, 1.54) is 0 Å². The number of benzene rings is 1. The first kappa shape index (κ1) is 13.2. The van der Waals surface area contributed by atoms with Gasteiger partial charge in [0, 0.05) is 22.8 Å². The van der Waals surface area contributed by atoms with Crippen molar-refractivity contribution in [2.75, 3.05) is 0 Å². The summed E-state index contributed by atoms with van der Waals surface area (Å²) in [5.74, 6) is 0.606. The average Bonchev–Trinajstić information content (AvgIpc) is 3.26. The SMILES string of the molecule is O=C(C(Br)Cc1ccc2nccnc2c1Br)C1CC1. The third kappa shape index (κ3) is 2.72. The minimum atomic E-state index is -0.106. The molecule has 0 spiro atoms. The molecule has 1 heterocycles. The van der Waals surface area contributed by atoms with Gasteiger partial charge in [-0.1, -0.05) is 22.0 Å². The summed E-state index contributed by atoms with van der Waals surface area (Å²) < 4.78 is 0.936. The van der Waals surface area contributed by atoms with Crippen LogP contribution in [0.2, 0.25) is 0 Å². The molecule has 19 heavy (non-hydrogen) atoms. The van der Waals surface area contributed by atoms with Crippen LogP contribution in [-0.4, -0.2) is 20.6 Å². The molecular formula is C14H12Br2N2O. The number of alkyl halides is 1. The van der Waals surface area contributed by atoms with Crippen LogP contribution in [0.15, 0.2) is 29.0 Å². The van der Waals surface area contributed by atoms with Crippen LogP contribution in [0.1, 0.15) is 18.4 Å². The number of Topliss-reactive ketones (excluding diaryl/α,β-unsaturated/α-hetero) is 1. The molecule has 1 aromatic carbocycles. The highest BCUT2D eigenvalue weighted by Gasteiger charge is 2.33. The van der Waals surface area contributed by atoms with E-state index >= 15 is 0 Å². The molecule has 3 nitrogen and oxygen atoms in total. The Kier molecular flexibility index (Phi) is 3.67. The van der Waals surface area contributed by atoms with Gasteiger partial charge in [0.1, 0.15) is 11.3 Å². The normalized spacial score (nSPS) is 16.5. The van der Waals surface area contributed by atoms with Gasteiger partial charge in [0.15, 0.2) is 0 Å². The predicted molar refractivity (Wildman–Crippen MR) is 81.4 cm³/mol. The maximum atomic E-state index is 12.0. The quantitative estimate of drug-likeness (QED) is 0.756. The van der Waals surface area contributed by atoms with Crippen LogP contribution in [0, 0.1) is 5.92 Å². The van der Waals surface area contributed by atoms with Crippen LogP contribution in [-0.2, 0) is 11.2 Å². The van der Waals surface area contributed by atoms with Crippen molar-refractivity contribution < 1.29 is 4.79 Å². The molecule has 0 amide bonds. The zero-order valence-corrected chi connectivity index (χ0v) is 13.3. The van der Waals surface area contributed by atoms with E-state index in [1.807, 2.05) is 12.1 Å². The third-order valence-corrected chi connectivity index (χ3v) is 5.01. The van der Waals surface area contributed by atoms with Crippen molar-refractivity contribution >= 4 is 48.7 Å². The lowest BCUT2D eigenvalue weighted by molar-refractivity contribution is -0.119. The Bertz CT molecular complexity index is 640. The first-order valence-electron chi connectivity index (χ1n) is 6.22. The molecule has 1 unspecified atom stereocenters. The number of ketones is 1. The second-order valence-corrected chi connectivity index (χ2v) is 6.71. The minimum Gasteiger partial charge on any atom is -0.298 e. The maximum absolute atomic E-state index is 12.0. The molecule has 3 rings (SSSR count). The van der Waals surface area contributed by atoms with Gasteiger partial charge in [-0.2, -0.15) is 0 Å². The van der Waals surface area contributed by atoms with Crippen LogP contribution in [0.4, 0.5) is 0 Å². The number of halogens is 2. The molecule has 0 radical (unpaired) electrons. The van der Waals surface area contributed by atoms with Crippen molar-refractivity contribution in [3.63, 3.8) is 0 Å². The van der Waals surface area contributed by atoms with Crippen molar-refractivity contribution in [3.8, 4) is 0 Å². The maximum Gasteiger partial charge on any atom is 0.149 e. The van der Waals surface area contributed by atoms with Gasteiger partial charge >= 0.3 is 0 Å². The summed E-state index contributed by atoms with van der Waals surface area (Å²) in [5.41, 5.74) is 2.79. The molecule has 1 aliphatic rings. The summed E-state index contributed by atoms with van der Waals surface area (Å²) in [6, 6.07) is 3.96. The summed E-state index contributed by atoms with van der Waals surface area (Å²) in [6.07, 6.45) is 6.13. The van der Waals surface area contributed by atoms with Gasteiger partial charge in [0.25, 0.3) is 0 Å². The largest absolute Gasteiger partial charge is 0.298 e. The number of nitrogens with zero attached hydrogens (tertiary/aromatic N) is 2. The molecule has 0 saturated heterocycles. The number of rotatable bonds is 4. The fourth-order valence-electron chi connectivity index (χ4n) is 2.12. The summed E-state index contributed by atoms with van der Waals surface area (Å²) in [5, 5.41) is 0. The fourth-order valence-corrected chi connectivity index (χ4v) is 3.44. The molecule has 1 fully saturated rings. The molecule has 1 aromatic heterocycles. The number of hydrogen-bond acceptors (Lipinski definition) is 3. The smallest absolute Gasteiger partial charge is 0.149 e. The summed E-state index contributed by atoms with van der Waals surface area (Å²) in [7, 11) is 0. The number of aromatic nitrogens is 2. The van der Waals surface area contributed by atoms with Gasteiger partial charge < -0.3 is 0 Å². The van der Waals surface area contributed by atoms with Gasteiger partial charge in [0.05, 0.1) is 10.3 Å². The van der Waals surface area contributed by atoms with Crippen molar-refractivity contribution in [1.29, 1.82) is 0 Å². The molecule has 1 atom stereocenters. The fraction of sp³-hybridized carbons (Fsp3) is 0.357. The van der Waals surface area contributed by atoms with Crippen LogP contribution in [0.5, 0.6) is 0 Å². The van der Waals surface area contributed by atoms with Crippen LogP contribution in [0.25, 0.3) is 11.0 Å². The Morgan fingerprint density at radius 3 is 2.79 bits per heavy atom. The van der Waals surface area contributed by atoms with Crippen LogP contribution < -0.4 is 0 Å². The lowest BCUT2D eigenvalue weighted by Crippen LogP contribution is -2.18. The highest BCUT2D eigenvalue weighted by molar-refractivity contribution is 9.10. The van der Waals surface area contributed by atoms with Crippen molar-refractivity contribution in [3.05, 3.63) is 34.6 Å². The molecule has 0 aliphatic heterocycles.